The van der Waals surface area contributed by atoms with E-state index in [-0.39, 0.29) is 5.03 Å². The molecule has 0 aromatic carbocycles. The molecular weight excluding hydrogens is 226 g/mol. The predicted molar refractivity (Wildman–Crippen MR) is 60.7 cm³/mol. The summed E-state index contributed by atoms with van der Waals surface area (Å²) in [5, 5.41) is 5.12. The maximum Gasteiger partial charge on any atom is 0.255 e. The number of hydrogen-bond acceptors (Lipinski definition) is 3. The molecule has 0 saturated carbocycles. The van der Waals surface area contributed by atoms with Gasteiger partial charge in [0.05, 0.1) is 6.20 Å². The Hall–Kier alpha value is -1.40. The van der Waals surface area contributed by atoms with E-state index >= 15 is 0 Å². The normalized spacial score (nSPS) is 12.5. The number of nitrogens with two attached hydrogens (primary N) is 1. The smallest absolute Gasteiger partial charge is 0.255 e. The Kier molecular flexibility index (Phi) is 2.47. The van der Waals surface area contributed by atoms with E-state index in [0.29, 0.717) is 11.6 Å². The fourth-order valence-corrected chi connectivity index (χ4v) is 2.15. The average Bonchev–Trinajstić information content (AvgIpc) is 2.58. The molecule has 2 aromatic heterocycles. The third kappa shape index (κ3) is 1.81. The van der Waals surface area contributed by atoms with Crippen molar-refractivity contribution >= 4 is 15.7 Å². The molecule has 2 heterocycles. The van der Waals surface area contributed by atoms with Crippen molar-refractivity contribution in [3.05, 3.63) is 30.1 Å². The SMILES string of the molecule is CC(C)c1ccc2ncc(S(N)(=O)=O)n2c1. The van der Waals surface area contributed by atoms with Crippen LogP contribution in [-0.4, -0.2) is 17.8 Å². The zero-order valence-corrected chi connectivity index (χ0v) is 9.90. The summed E-state index contributed by atoms with van der Waals surface area (Å²) in [4.78, 5) is 3.99. The topological polar surface area (TPSA) is 77.5 Å². The Morgan fingerprint density at radius 3 is 2.62 bits per heavy atom. The number of pyridine rings is 1. The van der Waals surface area contributed by atoms with Gasteiger partial charge in [-0.25, -0.2) is 18.5 Å². The lowest BCUT2D eigenvalue weighted by molar-refractivity contribution is 0.593. The summed E-state index contributed by atoms with van der Waals surface area (Å²) in [6, 6.07) is 3.71. The first-order valence-corrected chi connectivity index (χ1v) is 6.44. The van der Waals surface area contributed by atoms with Gasteiger partial charge >= 0.3 is 0 Å². The van der Waals surface area contributed by atoms with Gasteiger partial charge in [0.2, 0.25) is 0 Å². The molecular formula is C10H13N3O2S. The van der Waals surface area contributed by atoms with Crippen molar-refractivity contribution < 1.29 is 8.42 Å². The summed E-state index contributed by atoms with van der Waals surface area (Å²) in [6.45, 7) is 4.07. The largest absolute Gasteiger partial charge is 0.289 e. The summed E-state index contributed by atoms with van der Waals surface area (Å²) in [6.07, 6.45) is 3.03. The molecule has 0 fully saturated rings. The number of sulfonamides is 1. The van der Waals surface area contributed by atoms with Gasteiger partial charge in [0.15, 0.2) is 5.03 Å². The van der Waals surface area contributed by atoms with E-state index in [9.17, 15) is 8.42 Å². The Bertz CT molecular complexity index is 629. The summed E-state index contributed by atoms with van der Waals surface area (Å²) in [5.74, 6) is 0.320. The van der Waals surface area contributed by atoms with Crippen LogP contribution < -0.4 is 5.14 Å². The Labute approximate surface area is 94.0 Å². The van der Waals surface area contributed by atoms with Crippen molar-refractivity contribution in [2.75, 3.05) is 0 Å². The maximum atomic E-state index is 11.3. The second-order valence-electron chi connectivity index (χ2n) is 3.99. The van der Waals surface area contributed by atoms with Crippen molar-refractivity contribution in [3.8, 4) is 0 Å². The maximum absolute atomic E-state index is 11.3. The second kappa shape index (κ2) is 3.57. The number of hydrogen-bond donors (Lipinski definition) is 1. The van der Waals surface area contributed by atoms with Crippen molar-refractivity contribution in [2.45, 2.75) is 24.8 Å². The Morgan fingerprint density at radius 2 is 2.06 bits per heavy atom. The molecule has 0 amide bonds. The molecule has 0 aliphatic carbocycles. The molecule has 86 valence electrons. The van der Waals surface area contributed by atoms with Crippen LogP contribution in [0, 0.1) is 0 Å². The van der Waals surface area contributed by atoms with Gasteiger partial charge < -0.3 is 0 Å². The fraction of sp³-hybridized carbons (Fsp3) is 0.300. The van der Waals surface area contributed by atoms with Crippen LogP contribution in [0.5, 0.6) is 0 Å². The zero-order chi connectivity index (χ0) is 11.9. The third-order valence-corrected chi connectivity index (χ3v) is 3.34. The average molecular weight is 239 g/mol. The standard InChI is InChI=1S/C10H13N3O2S/c1-7(2)8-3-4-9-12-5-10(13(9)6-8)16(11,14)15/h3-7H,1-2H3,(H2,11,14,15). The molecule has 5 nitrogen and oxygen atoms in total. The third-order valence-electron chi connectivity index (χ3n) is 2.45. The van der Waals surface area contributed by atoms with Crippen LogP contribution in [0.15, 0.2) is 29.6 Å². The molecule has 0 aliphatic heterocycles. The monoisotopic (exact) mass is 239 g/mol. The first kappa shape index (κ1) is 11.1. The van der Waals surface area contributed by atoms with E-state index < -0.39 is 10.0 Å². The minimum absolute atomic E-state index is 0.0185. The first-order valence-electron chi connectivity index (χ1n) is 4.89. The first-order chi connectivity index (χ1) is 7.39. The van der Waals surface area contributed by atoms with Gasteiger partial charge in [-0.3, -0.25) is 4.40 Å². The van der Waals surface area contributed by atoms with E-state index in [4.69, 9.17) is 5.14 Å². The van der Waals surface area contributed by atoms with E-state index in [1.165, 1.54) is 10.6 Å². The highest BCUT2D eigenvalue weighted by atomic mass is 32.2. The van der Waals surface area contributed by atoms with Gasteiger partial charge in [-0.05, 0) is 17.5 Å². The lowest BCUT2D eigenvalue weighted by Gasteiger charge is -2.06. The van der Waals surface area contributed by atoms with Gasteiger partial charge in [-0.1, -0.05) is 19.9 Å². The fourth-order valence-electron chi connectivity index (χ4n) is 1.53. The molecule has 0 bridgehead atoms. The molecule has 16 heavy (non-hydrogen) atoms. The van der Waals surface area contributed by atoms with E-state index in [0.717, 1.165) is 5.56 Å². The number of primary sulfonamides is 1. The van der Waals surface area contributed by atoms with Crippen LogP contribution in [0.2, 0.25) is 0 Å². The molecule has 2 aromatic rings. The summed E-state index contributed by atoms with van der Waals surface area (Å²) < 4.78 is 24.1. The Morgan fingerprint density at radius 1 is 1.38 bits per heavy atom. The van der Waals surface area contributed by atoms with Crippen LogP contribution in [0.1, 0.15) is 25.3 Å². The van der Waals surface area contributed by atoms with Crippen molar-refractivity contribution in [1.82, 2.24) is 9.38 Å². The molecule has 0 aliphatic rings. The lowest BCUT2D eigenvalue weighted by atomic mass is 10.1. The molecule has 2 N–H and O–H groups in total. The highest BCUT2D eigenvalue weighted by molar-refractivity contribution is 7.89. The van der Waals surface area contributed by atoms with Crippen molar-refractivity contribution in [2.24, 2.45) is 5.14 Å². The number of imidazole rings is 1. The molecule has 0 atom stereocenters. The summed E-state index contributed by atoms with van der Waals surface area (Å²) in [7, 11) is -3.73. The van der Waals surface area contributed by atoms with E-state index in [1.54, 1.807) is 12.3 Å². The minimum Gasteiger partial charge on any atom is -0.289 e. The van der Waals surface area contributed by atoms with Crippen LogP contribution in [0.25, 0.3) is 5.65 Å². The molecule has 0 unspecified atom stereocenters. The summed E-state index contributed by atoms with van der Waals surface area (Å²) in [5.41, 5.74) is 1.61. The summed E-state index contributed by atoms with van der Waals surface area (Å²) >= 11 is 0. The van der Waals surface area contributed by atoms with Gasteiger partial charge in [-0.2, -0.15) is 0 Å². The minimum atomic E-state index is -3.73. The predicted octanol–water partition coefficient (Wildman–Crippen LogP) is 1.11. The molecule has 0 radical (unpaired) electrons. The van der Waals surface area contributed by atoms with Crippen LogP contribution in [-0.2, 0) is 10.0 Å². The quantitative estimate of drug-likeness (QED) is 0.852. The van der Waals surface area contributed by atoms with Crippen LogP contribution in [0.3, 0.4) is 0 Å². The second-order valence-corrected chi connectivity index (χ2v) is 5.50. The number of nitrogens with zero attached hydrogens (tertiary/aromatic N) is 2. The highest BCUT2D eigenvalue weighted by Gasteiger charge is 2.14. The highest BCUT2D eigenvalue weighted by Crippen LogP contribution is 2.17. The molecule has 0 saturated heterocycles. The number of aromatic nitrogens is 2. The molecule has 0 spiro atoms. The zero-order valence-electron chi connectivity index (χ0n) is 9.08. The van der Waals surface area contributed by atoms with Crippen LogP contribution in [0.4, 0.5) is 0 Å². The van der Waals surface area contributed by atoms with Crippen molar-refractivity contribution in [3.63, 3.8) is 0 Å². The van der Waals surface area contributed by atoms with Gasteiger partial charge in [0, 0.05) is 6.20 Å². The van der Waals surface area contributed by atoms with Crippen molar-refractivity contribution in [1.29, 1.82) is 0 Å². The molecule has 2 rings (SSSR count). The van der Waals surface area contributed by atoms with Gasteiger partial charge in [0.1, 0.15) is 5.65 Å². The van der Waals surface area contributed by atoms with E-state index in [2.05, 4.69) is 4.98 Å². The van der Waals surface area contributed by atoms with Crippen LogP contribution >= 0.6 is 0 Å². The van der Waals surface area contributed by atoms with E-state index in [1.807, 2.05) is 19.9 Å². The number of fused-ring (bicyclic) bond motifs is 1. The Balaban J connectivity index is 2.75. The van der Waals surface area contributed by atoms with Gasteiger partial charge in [-0.15, -0.1) is 0 Å². The number of rotatable bonds is 2. The lowest BCUT2D eigenvalue weighted by Crippen LogP contribution is -2.14. The van der Waals surface area contributed by atoms with Gasteiger partial charge in [0.25, 0.3) is 10.0 Å². The molecule has 6 heteroatoms.